The molecule has 1 spiro atoms. The lowest BCUT2D eigenvalue weighted by atomic mass is 9.63. The standard InChI is InChI=1S/C29H36N2O5/c1-7-15-31-24-13-10-21(30-19(3)33)17-23(24)29(27(31)34)18(2)26(25(36-29)14-16-32)28(4,5)20-8-11-22(35-6)12-9-20/h7-13,17-18,25-26,32H,1,14-16H2,2-6H3,(H,30,33)/t18-,25+,26-,29+/m0/s1. The van der Waals surface area contributed by atoms with Gasteiger partial charge in [-0.3, -0.25) is 9.59 Å². The van der Waals surface area contributed by atoms with E-state index < -0.39 is 5.60 Å². The Hall–Kier alpha value is -3.16. The van der Waals surface area contributed by atoms with Crippen molar-refractivity contribution in [2.75, 3.05) is 30.5 Å². The molecule has 2 aliphatic rings. The third-order valence-corrected chi connectivity index (χ3v) is 7.88. The minimum Gasteiger partial charge on any atom is -0.497 e. The van der Waals surface area contributed by atoms with Crippen LogP contribution in [0.15, 0.2) is 55.1 Å². The van der Waals surface area contributed by atoms with Gasteiger partial charge in [0.05, 0.1) is 18.9 Å². The highest BCUT2D eigenvalue weighted by Crippen LogP contribution is 2.59. The van der Waals surface area contributed by atoms with Crippen LogP contribution in [0.2, 0.25) is 0 Å². The number of methoxy groups -OCH3 is 1. The average Bonchev–Trinajstić information content (AvgIpc) is 3.26. The highest BCUT2D eigenvalue weighted by atomic mass is 16.5. The number of anilines is 2. The molecule has 7 nitrogen and oxygen atoms in total. The van der Waals surface area contributed by atoms with E-state index in [2.05, 4.69) is 44.8 Å². The van der Waals surface area contributed by atoms with E-state index in [1.807, 2.05) is 24.3 Å². The van der Waals surface area contributed by atoms with Crippen LogP contribution in [0.4, 0.5) is 11.4 Å². The van der Waals surface area contributed by atoms with Gasteiger partial charge in [-0.05, 0) is 47.7 Å². The fourth-order valence-corrected chi connectivity index (χ4v) is 6.30. The van der Waals surface area contributed by atoms with Crippen LogP contribution >= 0.6 is 0 Å². The van der Waals surface area contributed by atoms with Gasteiger partial charge in [0.15, 0.2) is 5.60 Å². The summed E-state index contributed by atoms with van der Waals surface area (Å²) in [5, 5.41) is 12.8. The number of benzene rings is 2. The molecule has 0 radical (unpaired) electrons. The molecule has 0 unspecified atom stereocenters. The largest absolute Gasteiger partial charge is 0.497 e. The highest BCUT2D eigenvalue weighted by molar-refractivity contribution is 6.08. The predicted molar refractivity (Wildman–Crippen MR) is 140 cm³/mol. The molecule has 2 amide bonds. The van der Waals surface area contributed by atoms with Crippen LogP contribution in [0.25, 0.3) is 0 Å². The molecule has 0 aromatic heterocycles. The molecule has 2 aliphatic heterocycles. The van der Waals surface area contributed by atoms with Crippen molar-refractivity contribution in [2.24, 2.45) is 11.8 Å². The van der Waals surface area contributed by atoms with Crippen molar-refractivity contribution < 1.29 is 24.2 Å². The van der Waals surface area contributed by atoms with Crippen LogP contribution in [-0.2, 0) is 25.3 Å². The van der Waals surface area contributed by atoms with Gasteiger partial charge in [-0.1, -0.05) is 39.0 Å². The first-order valence-electron chi connectivity index (χ1n) is 12.4. The lowest BCUT2D eigenvalue weighted by Gasteiger charge is -2.38. The molecule has 2 aromatic rings. The van der Waals surface area contributed by atoms with Crippen molar-refractivity contribution in [3.8, 4) is 5.75 Å². The zero-order valence-electron chi connectivity index (χ0n) is 21.7. The third-order valence-electron chi connectivity index (χ3n) is 7.88. The second-order valence-corrected chi connectivity index (χ2v) is 10.3. The Morgan fingerprint density at radius 1 is 1.28 bits per heavy atom. The molecule has 2 aromatic carbocycles. The van der Waals surface area contributed by atoms with Crippen LogP contribution in [0, 0.1) is 11.8 Å². The number of nitrogens with one attached hydrogen (secondary N) is 1. The molecule has 7 heteroatoms. The first-order valence-corrected chi connectivity index (χ1v) is 12.4. The van der Waals surface area contributed by atoms with E-state index >= 15 is 0 Å². The Labute approximate surface area is 213 Å². The highest BCUT2D eigenvalue weighted by Gasteiger charge is 2.65. The molecule has 2 heterocycles. The van der Waals surface area contributed by atoms with Gasteiger partial charge in [-0.2, -0.15) is 0 Å². The molecule has 1 fully saturated rings. The van der Waals surface area contributed by atoms with E-state index in [0.29, 0.717) is 18.7 Å². The minimum atomic E-state index is -1.24. The lowest BCUT2D eigenvalue weighted by molar-refractivity contribution is -0.146. The van der Waals surface area contributed by atoms with E-state index in [9.17, 15) is 14.7 Å². The van der Waals surface area contributed by atoms with Crippen molar-refractivity contribution in [3.05, 3.63) is 66.2 Å². The fraction of sp³-hybridized carbons (Fsp3) is 0.448. The molecule has 36 heavy (non-hydrogen) atoms. The quantitative estimate of drug-likeness (QED) is 0.534. The summed E-state index contributed by atoms with van der Waals surface area (Å²) in [4.78, 5) is 27.6. The summed E-state index contributed by atoms with van der Waals surface area (Å²) >= 11 is 0. The molecule has 0 aliphatic carbocycles. The second-order valence-electron chi connectivity index (χ2n) is 10.3. The summed E-state index contributed by atoms with van der Waals surface area (Å²) in [6.45, 7) is 12.0. The van der Waals surface area contributed by atoms with Gasteiger partial charge in [-0.15, -0.1) is 6.58 Å². The van der Waals surface area contributed by atoms with E-state index in [1.54, 1.807) is 24.2 Å². The summed E-state index contributed by atoms with van der Waals surface area (Å²) in [6, 6.07) is 13.5. The molecule has 4 rings (SSSR count). The molecule has 0 saturated carbocycles. The number of aliphatic hydroxyl groups is 1. The Morgan fingerprint density at radius 2 is 1.97 bits per heavy atom. The van der Waals surface area contributed by atoms with E-state index in [0.717, 1.165) is 22.6 Å². The predicted octanol–water partition coefficient (Wildman–Crippen LogP) is 4.39. The Bertz CT molecular complexity index is 1160. The number of hydrogen-bond acceptors (Lipinski definition) is 5. The number of ether oxygens (including phenoxy) is 2. The van der Waals surface area contributed by atoms with Crippen molar-refractivity contribution in [3.63, 3.8) is 0 Å². The molecular weight excluding hydrogens is 456 g/mol. The van der Waals surface area contributed by atoms with Gasteiger partial charge in [0.25, 0.3) is 5.91 Å². The summed E-state index contributed by atoms with van der Waals surface area (Å²) in [5.74, 6) is 0.149. The molecule has 0 bridgehead atoms. The van der Waals surface area contributed by atoms with E-state index in [-0.39, 0.29) is 41.8 Å². The van der Waals surface area contributed by atoms with E-state index in [4.69, 9.17) is 9.47 Å². The van der Waals surface area contributed by atoms with Crippen LogP contribution in [0.1, 0.15) is 45.2 Å². The third kappa shape index (κ3) is 4.00. The number of hydrogen-bond donors (Lipinski definition) is 2. The number of fused-ring (bicyclic) bond motifs is 2. The molecule has 2 N–H and O–H groups in total. The Balaban J connectivity index is 1.86. The van der Waals surface area contributed by atoms with Gasteiger partial charge >= 0.3 is 0 Å². The number of nitrogens with zero attached hydrogens (tertiary/aromatic N) is 1. The van der Waals surface area contributed by atoms with Crippen LogP contribution < -0.4 is 15.0 Å². The Morgan fingerprint density at radius 3 is 2.56 bits per heavy atom. The molecule has 192 valence electrons. The van der Waals surface area contributed by atoms with Crippen LogP contribution in [0.3, 0.4) is 0 Å². The minimum absolute atomic E-state index is 0.0496. The van der Waals surface area contributed by atoms with Gasteiger partial charge in [-0.25, -0.2) is 0 Å². The zero-order valence-corrected chi connectivity index (χ0v) is 21.7. The van der Waals surface area contributed by atoms with Gasteiger partial charge < -0.3 is 24.8 Å². The van der Waals surface area contributed by atoms with Crippen LogP contribution in [-0.4, -0.2) is 43.3 Å². The first-order chi connectivity index (χ1) is 17.1. The summed E-state index contributed by atoms with van der Waals surface area (Å²) in [6.07, 6.45) is 1.75. The van der Waals surface area contributed by atoms with Crippen LogP contribution in [0.5, 0.6) is 5.75 Å². The fourth-order valence-electron chi connectivity index (χ4n) is 6.30. The zero-order chi connectivity index (χ0) is 26.3. The second kappa shape index (κ2) is 9.71. The monoisotopic (exact) mass is 492 g/mol. The van der Waals surface area contributed by atoms with Gasteiger partial charge in [0.2, 0.25) is 5.91 Å². The lowest BCUT2D eigenvalue weighted by Crippen LogP contribution is -2.46. The average molecular weight is 493 g/mol. The maximum absolute atomic E-state index is 14.1. The number of amides is 2. The number of aliphatic hydroxyl groups excluding tert-OH is 1. The topological polar surface area (TPSA) is 88.1 Å². The number of rotatable bonds is 8. The molecule has 4 atom stereocenters. The van der Waals surface area contributed by atoms with Crippen molar-refractivity contribution in [1.82, 2.24) is 0 Å². The smallest absolute Gasteiger partial charge is 0.264 e. The summed E-state index contributed by atoms with van der Waals surface area (Å²) < 4.78 is 12.1. The normalized spacial score (nSPS) is 25.2. The SMILES string of the molecule is C=CCN1C(=O)[C@]2(O[C@H](CCO)[C@@H](C(C)(C)c3ccc(OC)cc3)[C@@H]2C)c2cc(NC(C)=O)ccc21. The first kappa shape index (κ1) is 25.9. The Kier molecular flexibility index (Phi) is 6.99. The summed E-state index contributed by atoms with van der Waals surface area (Å²) in [7, 11) is 1.64. The van der Waals surface area contributed by atoms with Crippen molar-refractivity contribution in [1.29, 1.82) is 0 Å². The van der Waals surface area contributed by atoms with E-state index in [1.165, 1.54) is 6.92 Å². The van der Waals surface area contributed by atoms with Gasteiger partial charge in [0, 0.05) is 43.2 Å². The molecule has 1 saturated heterocycles. The summed E-state index contributed by atoms with van der Waals surface area (Å²) in [5.41, 5.74) is 1.60. The van der Waals surface area contributed by atoms with Crippen molar-refractivity contribution in [2.45, 2.75) is 51.2 Å². The molecular formula is C29H36N2O5. The maximum Gasteiger partial charge on any atom is 0.264 e. The number of carbonyl (C=O) groups excluding carboxylic acids is 2. The van der Waals surface area contributed by atoms with Gasteiger partial charge in [0.1, 0.15) is 5.75 Å². The van der Waals surface area contributed by atoms with Crippen molar-refractivity contribution >= 4 is 23.2 Å². The maximum atomic E-state index is 14.1. The number of carbonyl (C=O) groups is 2.